The second-order valence-electron chi connectivity index (χ2n) is 4.89. The summed E-state index contributed by atoms with van der Waals surface area (Å²) in [6.45, 7) is 1.05. The molecule has 2 heterocycles. The first kappa shape index (κ1) is 11.9. The molecule has 0 bridgehead atoms. The summed E-state index contributed by atoms with van der Waals surface area (Å²) >= 11 is 1.77. The Morgan fingerprint density at radius 3 is 3.17 bits per heavy atom. The molecule has 1 fully saturated rings. The smallest absolute Gasteiger partial charge is 0.237 e. The average Bonchev–Trinajstić information content (AvgIpc) is 2.92. The minimum Gasteiger partial charge on any atom is -0.385 e. The number of hydrogen-bond donors (Lipinski definition) is 2. The Morgan fingerprint density at radius 2 is 2.33 bits per heavy atom. The van der Waals surface area contributed by atoms with Crippen LogP contribution in [-0.4, -0.2) is 23.5 Å². The lowest BCUT2D eigenvalue weighted by molar-refractivity contribution is -0.115. The maximum atomic E-state index is 12.0. The molecule has 3 rings (SSSR count). The zero-order chi connectivity index (χ0) is 12.4. The molecule has 2 N–H and O–H groups in total. The minimum absolute atomic E-state index is 0.152. The van der Waals surface area contributed by atoms with Gasteiger partial charge in [-0.1, -0.05) is 0 Å². The number of carbonyl (C=O) groups excluding carboxylic acids is 1. The molecule has 1 aromatic carbocycles. The lowest BCUT2D eigenvalue weighted by Crippen LogP contribution is -2.23. The van der Waals surface area contributed by atoms with Crippen molar-refractivity contribution in [3.63, 3.8) is 0 Å². The van der Waals surface area contributed by atoms with E-state index in [0.717, 1.165) is 37.2 Å². The number of fused-ring (bicyclic) bond motifs is 1. The van der Waals surface area contributed by atoms with Gasteiger partial charge in [0.25, 0.3) is 0 Å². The molecule has 3 nitrogen and oxygen atoms in total. The fourth-order valence-corrected chi connectivity index (χ4v) is 3.72. The molecule has 2 aliphatic rings. The summed E-state index contributed by atoms with van der Waals surface area (Å²) < 4.78 is 0. The first-order chi connectivity index (χ1) is 8.83. The number of nitrogens with one attached hydrogen (secondary N) is 2. The van der Waals surface area contributed by atoms with E-state index in [2.05, 4.69) is 22.8 Å². The van der Waals surface area contributed by atoms with Gasteiger partial charge >= 0.3 is 0 Å². The van der Waals surface area contributed by atoms with E-state index in [-0.39, 0.29) is 11.2 Å². The fourth-order valence-electron chi connectivity index (χ4n) is 2.56. The number of benzene rings is 1. The zero-order valence-electron chi connectivity index (χ0n) is 10.4. The van der Waals surface area contributed by atoms with E-state index in [1.807, 2.05) is 6.07 Å². The van der Waals surface area contributed by atoms with Gasteiger partial charge in [-0.3, -0.25) is 4.79 Å². The number of carbonyl (C=O) groups is 1. The Bertz CT molecular complexity index is 455. The molecule has 1 amide bonds. The van der Waals surface area contributed by atoms with Gasteiger partial charge in [0.15, 0.2) is 0 Å². The third-order valence-corrected chi connectivity index (χ3v) is 4.91. The number of aryl methyl sites for hydroxylation is 1. The van der Waals surface area contributed by atoms with E-state index in [4.69, 9.17) is 0 Å². The van der Waals surface area contributed by atoms with Crippen molar-refractivity contribution in [1.82, 2.24) is 0 Å². The van der Waals surface area contributed by atoms with Crippen LogP contribution in [-0.2, 0) is 11.2 Å². The Balaban J connectivity index is 1.70. The summed E-state index contributed by atoms with van der Waals surface area (Å²) in [4.78, 5) is 12.0. The van der Waals surface area contributed by atoms with E-state index >= 15 is 0 Å². The van der Waals surface area contributed by atoms with Crippen LogP contribution in [0.4, 0.5) is 11.4 Å². The maximum absolute atomic E-state index is 12.0. The van der Waals surface area contributed by atoms with Crippen LogP contribution in [0.1, 0.15) is 24.8 Å². The van der Waals surface area contributed by atoms with Gasteiger partial charge in [0.2, 0.25) is 5.91 Å². The van der Waals surface area contributed by atoms with Crippen molar-refractivity contribution in [3.05, 3.63) is 23.8 Å². The number of rotatable bonds is 2. The number of amides is 1. The maximum Gasteiger partial charge on any atom is 0.237 e. The molecule has 0 aliphatic carbocycles. The number of hydrogen-bond acceptors (Lipinski definition) is 3. The van der Waals surface area contributed by atoms with Gasteiger partial charge in [0.1, 0.15) is 0 Å². The molecular formula is C14H18N2OS. The summed E-state index contributed by atoms with van der Waals surface area (Å²) in [6.07, 6.45) is 4.45. The molecule has 2 aliphatic heterocycles. The molecule has 1 aromatic rings. The lowest BCUT2D eigenvalue weighted by atomic mass is 10.0. The van der Waals surface area contributed by atoms with E-state index in [9.17, 15) is 4.79 Å². The normalized spacial score (nSPS) is 22.1. The van der Waals surface area contributed by atoms with Crippen molar-refractivity contribution in [1.29, 1.82) is 0 Å². The second-order valence-corrected chi connectivity index (χ2v) is 6.20. The first-order valence-electron chi connectivity index (χ1n) is 6.62. The van der Waals surface area contributed by atoms with Gasteiger partial charge in [0, 0.05) is 17.9 Å². The summed E-state index contributed by atoms with van der Waals surface area (Å²) in [5, 5.41) is 6.58. The summed E-state index contributed by atoms with van der Waals surface area (Å²) in [5.41, 5.74) is 3.47. The predicted octanol–water partition coefficient (Wildman–Crippen LogP) is 2.88. The van der Waals surface area contributed by atoms with Gasteiger partial charge in [-0.2, -0.15) is 0 Å². The third kappa shape index (κ3) is 2.48. The van der Waals surface area contributed by atoms with Gasteiger partial charge < -0.3 is 10.6 Å². The Morgan fingerprint density at radius 1 is 1.39 bits per heavy atom. The van der Waals surface area contributed by atoms with Crippen molar-refractivity contribution in [2.75, 3.05) is 22.9 Å². The monoisotopic (exact) mass is 262 g/mol. The summed E-state index contributed by atoms with van der Waals surface area (Å²) in [6, 6.07) is 6.18. The quantitative estimate of drug-likeness (QED) is 0.861. The number of thioether (sulfide) groups is 1. The van der Waals surface area contributed by atoms with Gasteiger partial charge in [-0.05, 0) is 55.2 Å². The largest absolute Gasteiger partial charge is 0.385 e. The van der Waals surface area contributed by atoms with Crippen LogP contribution in [0, 0.1) is 0 Å². The van der Waals surface area contributed by atoms with Crippen molar-refractivity contribution in [2.45, 2.75) is 30.9 Å². The van der Waals surface area contributed by atoms with Crippen LogP contribution in [0.2, 0.25) is 0 Å². The van der Waals surface area contributed by atoms with Crippen LogP contribution >= 0.6 is 11.8 Å². The molecule has 1 saturated heterocycles. The van der Waals surface area contributed by atoms with E-state index in [0.29, 0.717) is 0 Å². The van der Waals surface area contributed by atoms with E-state index in [1.165, 1.54) is 17.7 Å². The molecular weight excluding hydrogens is 244 g/mol. The van der Waals surface area contributed by atoms with Crippen LogP contribution in [0.15, 0.2) is 18.2 Å². The van der Waals surface area contributed by atoms with Crippen molar-refractivity contribution in [3.8, 4) is 0 Å². The first-order valence-corrected chi connectivity index (χ1v) is 7.67. The van der Waals surface area contributed by atoms with Gasteiger partial charge in [-0.25, -0.2) is 0 Å². The Kier molecular flexibility index (Phi) is 3.46. The standard InChI is InChI=1S/C14H18N2OS/c17-14(13-4-2-8-18-13)16-11-5-6-12-10(9-11)3-1-7-15-12/h5-6,9,13,15H,1-4,7-8H2,(H,16,17). The van der Waals surface area contributed by atoms with E-state index in [1.54, 1.807) is 11.8 Å². The Labute approximate surface area is 112 Å². The fraction of sp³-hybridized carbons (Fsp3) is 0.500. The molecule has 1 unspecified atom stereocenters. The predicted molar refractivity (Wildman–Crippen MR) is 77.4 cm³/mol. The van der Waals surface area contributed by atoms with Crippen molar-refractivity contribution in [2.24, 2.45) is 0 Å². The van der Waals surface area contributed by atoms with Crippen LogP contribution in [0.25, 0.3) is 0 Å². The average molecular weight is 262 g/mol. The van der Waals surface area contributed by atoms with Crippen molar-refractivity contribution < 1.29 is 4.79 Å². The van der Waals surface area contributed by atoms with Gasteiger partial charge in [0.05, 0.1) is 5.25 Å². The number of anilines is 2. The lowest BCUT2D eigenvalue weighted by Gasteiger charge is -2.19. The molecule has 1 atom stereocenters. The second kappa shape index (κ2) is 5.22. The van der Waals surface area contributed by atoms with Crippen LogP contribution < -0.4 is 10.6 Å². The summed E-state index contributed by atoms with van der Waals surface area (Å²) in [5.74, 6) is 1.29. The molecule has 0 radical (unpaired) electrons. The highest BCUT2D eigenvalue weighted by Gasteiger charge is 2.23. The van der Waals surface area contributed by atoms with Crippen LogP contribution in [0.3, 0.4) is 0 Å². The Hall–Kier alpha value is -1.16. The molecule has 0 spiro atoms. The van der Waals surface area contributed by atoms with E-state index < -0.39 is 0 Å². The highest BCUT2D eigenvalue weighted by Crippen LogP contribution is 2.29. The zero-order valence-corrected chi connectivity index (χ0v) is 11.2. The SMILES string of the molecule is O=C(Nc1ccc2c(c1)CCCN2)C1CCCS1. The van der Waals surface area contributed by atoms with Crippen molar-refractivity contribution >= 4 is 29.0 Å². The topological polar surface area (TPSA) is 41.1 Å². The molecule has 18 heavy (non-hydrogen) atoms. The highest BCUT2D eigenvalue weighted by atomic mass is 32.2. The summed E-state index contributed by atoms with van der Waals surface area (Å²) in [7, 11) is 0. The molecule has 96 valence electrons. The molecule has 4 heteroatoms. The molecule has 0 saturated carbocycles. The third-order valence-electron chi connectivity index (χ3n) is 3.53. The minimum atomic E-state index is 0.152. The van der Waals surface area contributed by atoms with Gasteiger partial charge in [-0.15, -0.1) is 11.8 Å². The van der Waals surface area contributed by atoms with Crippen LogP contribution in [0.5, 0.6) is 0 Å². The molecule has 0 aromatic heterocycles. The highest BCUT2D eigenvalue weighted by molar-refractivity contribution is 8.00.